The molecule has 186 valence electrons. The molecule has 3 heterocycles. The van der Waals surface area contributed by atoms with Crippen LogP contribution < -0.4 is 10.3 Å². The highest BCUT2D eigenvalue weighted by atomic mass is 35.5. The second kappa shape index (κ2) is 9.86. The molecule has 0 fully saturated rings. The molecule has 4 aromatic rings. The molecule has 0 bridgehead atoms. The molecule has 0 atom stereocenters. The van der Waals surface area contributed by atoms with Gasteiger partial charge in [-0.15, -0.1) is 0 Å². The molecular formula is C29H31ClN4O2. The topological polar surface area (TPSA) is 69.9 Å². The van der Waals surface area contributed by atoms with Gasteiger partial charge >= 0.3 is 0 Å². The summed E-state index contributed by atoms with van der Waals surface area (Å²) in [6, 6.07) is 11.7. The number of nitrogens with zero attached hydrogens (tertiary/aromatic N) is 4. The summed E-state index contributed by atoms with van der Waals surface area (Å²) in [5, 5.41) is 0.0410. The maximum atomic E-state index is 13.4. The lowest BCUT2D eigenvalue weighted by atomic mass is 9.95. The summed E-state index contributed by atoms with van der Waals surface area (Å²) < 4.78 is 7.54. The largest absolute Gasteiger partial charge is 0.487 e. The van der Waals surface area contributed by atoms with Crippen LogP contribution in [0.1, 0.15) is 54.5 Å². The molecule has 6 nitrogen and oxygen atoms in total. The zero-order chi connectivity index (χ0) is 26.2. The van der Waals surface area contributed by atoms with Crippen molar-refractivity contribution in [2.45, 2.75) is 60.5 Å². The van der Waals surface area contributed by atoms with E-state index in [1.54, 1.807) is 16.8 Å². The fourth-order valence-electron chi connectivity index (χ4n) is 3.99. The van der Waals surface area contributed by atoms with Gasteiger partial charge in [-0.3, -0.25) is 14.3 Å². The highest BCUT2D eigenvalue weighted by Gasteiger charge is 2.21. The van der Waals surface area contributed by atoms with Crippen LogP contribution in [0, 0.1) is 27.7 Å². The average molecular weight is 503 g/mol. The molecule has 0 unspecified atom stereocenters. The van der Waals surface area contributed by atoms with Crippen molar-refractivity contribution in [3.8, 4) is 22.8 Å². The molecular weight excluding hydrogens is 472 g/mol. The summed E-state index contributed by atoms with van der Waals surface area (Å²) in [6.45, 7) is 14.3. The number of halogens is 1. The van der Waals surface area contributed by atoms with Gasteiger partial charge in [0.2, 0.25) is 0 Å². The van der Waals surface area contributed by atoms with E-state index >= 15 is 0 Å². The average Bonchev–Trinajstić information content (AvgIpc) is 2.81. The fourth-order valence-corrected chi connectivity index (χ4v) is 4.19. The van der Waals surface area contributed by atoms with Gasteiger partial charge in [-0.1, -0.05) is 62.2 Å². The molecule has 7 heteroatoms. The Labute approximate surface area is 217 Å². The lowest BCUT2D eigenvalue weighted by Gasteiger charge is -2.19. The van der Waals surface area contributed by atoms with Gasteiger partial charge in [-0.25, -0.2) is 9.97 Å². The van der Waals surface area contributed by atoms with Crippen LogP contribution in [0.2, 0.25) is 5.02 Å². The summed E-state index contributed by atoms with van der Waals surface area (Å²) in [4.78, 5) is 27.4. The number of benzene rings is 1. The Morgan fingerprint density at radius 1 is 0.972 bits per heavy atom. The molecule has 3 aromatic heterocycles. The van der Waals surface area contributed by atoms with E-state index in [0.29, 0.717) is 29.4 Å². The van der Waals surface area contributed by atoms with Crippen molar-refractivity contribution < 1.29 is 4.74 Å². The van der Waals surface area contributed by atoms with E-state index in [-0.39, 0.29) is 16.0 Å². The first kappa shape index (κ1) is 25.6. The third kappa shape index (κ3) is 5.19. The van der Waals surface area contributed by atoms with Crippen molar-refractivity contribution in [3.05, 3.63) is 97.9 Å². The van der Waals surface area contributed by atoms with E-state index in [1.807, 2.05) is 64.2 Å². The van der Waals surface area contributed by atoms with Crippen LogP contribution in [0.15, 0.2) is 53.6 Å². The number of hydrogen-bond acceptors (Lipinski definition) is 5. The third-order valence-electron chi connectivity index (χ3n) is 5.98. The van der Waals surface area contributed by atoms with E-state index in [9.17, 15) is 4.79 Å². The van der Waals surface area contributed by atoms with Gasteiger partial charge in [0, 0.05) is 29.6 Å². The lowest BCUT2D eigenvalue weighted by Crippen LogP contribution is -2.23. The quantitative estimate of drug-likeness (QED) is 0.313. The fraction of sp³-hybridized carbons (Fsp3) is 0.310. The van der Waals surface area contributed by atoms with E-state index in [1.165, 1.54) is 0 Å². The molecule has 0 aliphatic rings. The Balaban J connectivity index is 1.75. The first-order valence-electron chi connectivity index (χ1n) is 11.9. The Bertz CT molecular complexity index is 1500. The SMILES string of the molecule is Cc1cccc(COc2cc(C)n(-c3cc(-c4nc(C(C)(C)C)ncc4C)ncc3C)c(=O)c2Cl)c1. The Morgan fingerprint density at radius 2 is 1.69 bits per heavy atom. The summed E-state index contributed by atoms with van der Waals surface area (Å²) in [5.41, 5.74) is 6.18. The first-order chi connectivity index (χ1) is 17.0. The maximum Gasteiger partial charge on any atom is 0.277 e. The molecule has 4 rings (SSSR count). The molecule has 0 saturated heterocycles. The Morgan fingerprint density at radius 3 is 2.39 bits per heavy atom. The number of rotatable bonds is 5. The van der Waals surface area contributed by atoms with Crippen LogP contribution in [0.5, 0.6) is 5.75 Å². The van der Waals surface area contributed by atoms with Crippen molar-refractivity contribution >= 4 is 11.6 Å². The summed E-state index contributed by atoms with van der Waals surface area (Å²) in [7, 11) is 0. The first-order valence-corrected chi connectivity index (χ1v) is 12.3. The predicted molar refractivity (Wildman–Crippen MR) is 144 cm³/mol. The highest BCUT2D eigenvalue weighted by Crippen LogP contribution is 2.29. The van der Waals surface area contributed by atoms with Crippen molar-refractivity contribution in [1.82, 2.24) is 19.5 Å². The highest BCUT2D eigenvalue weighted by molar-refractivity contribution is 6.31. The van der Waals surface area contributed by atoms with Gasteiger partial charge in [-0.05, 0) is 50.5 Å². The smallest absolute Gasteiger partial charge is 0.277 e. The number of hydrogen-bond donors (Lipinski definition) is 0. The van der Waals surface area contributed by atoms with Crippen LogP contribution in [0.4, 0.5) is 0 Å². The minimum absolute atomic E-state index is 0.0410. The number of aromatic nitrogens is 4. The molecule has 1 aromatic carbocycles. The minimum Gasteiger partial charge on any atom is -0.487 e. The van der Waals surface area contributed by atoms with Crippen molar-refractivity contribution in [1.29, 1.82) is 0 Å². The van der Waals surface area contributed by atoms with Crippen LogP contribution in [-0.2, 0) is 12.0 Å². The van der Waals surface area contributed by atoms with Gasteiger partial charge in [-0.2, -0.15) is 0 Å². The van der Waals surface area contributed by atoms with Gasteiger partial charge in [0.05, 0.1) is 17.1 Å². The van der Waals surface area contributed by atoms with Crippen molar-refractivity contribution in [3.63, 3.8) is 0 Å². The van der Waals surface area contributed by atoms with Crippen LogP contribution in [0.3, 0.4) is 0 Å². The van der Waals surface area contributed by atoms with E-state index in [2.05, 4.69) is 30.7 Å². The van der Waals surface area contributed by atoms with Crippen LogP contribution in [0.25, 0.3) is 17.1 Å². The maximum absolute atomic E-state index is 13.4. The molecule has 0 radical (unpaired) electrons. The summed E-state index contributed by atoms with van der Waals surface area (Å²) in [5.74, 6) is 1.10. The van der Waals surface area contributed by atoms with E-state index in [4.69, 9.17) is 21.3 Å². The monoisotopic (exact) mass is 502 g/mol. The number of pyridine rings is 2. The normalized spacial score (nSPS) is 11.6. The van der Waals surface area contributed by atoms with E-state index < -0.39 is 0 Å². The molecule has 0 aliphatic carbocycles. The molecule has 0 aliphatic heterocycles. The standard InChI is InChI=1S/C29H31ClN4O2/c1-17-9-8-10-21(11-17)16-36-24-12-20(4)34(27(35)25(24)30)23-13-22(31-14-18(23)2)26-19(3)15-32-28(33-26)29(5,6)7/h8-15H,16H2,1-7H3. The van der Waals surface area contributed by atoms with Gasteiger partial charge < -0.3 is 4.74 Å². The van der Waals surface area contributed by atoms with Gasteiger partial charge in [0.25, 0.3) is 5.56 Å². The van der Waals surface area contributed by atoms with Gasteiger partial charge in [0.15, 0.2) is 0 Å². The van der Waals surface area contributed by atoms with Crippen LogP contribution in [-0.4, -0.2) is 19.5 Å². The molecule has 0 N–H and O–H groups in total. The van der Waals surface area contributed by atoms with Gasteiger partial charge in [0.1, 0.15) is 23.2 Å². The number of ether oxygens (including phenoxy) is 1. The predicted octanol–water partition coefficient (Wildman–Crippen LogP) is 6.45. The second-order valence-electron chi connectivity index (χ2n) is 10.2. The zero-order valence-corrected chi connectivity index (χ0v) is 22.6. The molecule has 0 saturated carbocycles. The summed E-state index contributed by atoms with van der Waals surface area (Å²) >= 11 is 6.53. The van der Waals surface area contributed by atoms with Crippen molar-refractivity contribution in [2.75, 3.05) is 0 Å². The third-order valence-corrected chi connectivity index (χ3v) is 6.33. The lowest BCUT2D eigenvalue weighted by molar-refractivity contribution is 0.305. The Kier molecular flexibility index (Phi) is 7.01. The van der Waals surface area contributed by atoms with Crippen LogP contribution >= 0.6 is 11.6 Å². The summed E-state index contributed by atoms with van der Waals surface area (Å²) in [6.07, 6.45) is 3.57. The Hall–Kier alpha value is -3.51. The molecule has 0 amide bonds. The number of aryl methyl sites for hydroxylation is 4. The zero-order valence-electron chi connectivity index (χ0n) is 21.8. The van der Waals surface area contributed by atoms with Crippen molar-refractivity contribution in [2.24, 2.45) is 0 Å². The second-order valence-corrected chi connectivity index (χ2v) is 10.6. The molecule has 0 spiro atoms. The minimum atomic E-state index is -0.342. The molecule has 36 heavy (non-hydrogen) atoms. The van der Waals surface area contributed by atoms with E-state index in [0.717, 1.165) is 33.8 Å².